The average Bonchev–Trinajstić information content (AvgIpc) is 2.67. The first kappa shape index (κ1) is 20.3. The fraction of sp³-hybridized carbons (Fsp3) is 0.316. The Morgan fingerprint density at radius 1 is 1.18 bits per heavy atom. The van der Waals surface area contributed by atoms with E-state index in [1.807, 2.05) is 16.7 Å². The molecule has 0 atom stereocenters. The molecule has 2 aromatic carbocycles. The molecule has 1 aliphatic heterocycles. The van der Waals surface area contributed by atoms with Gasteiger partial charge in [-0.3, -0.25) is 4.72 Å². The Morgan fingerprint density at radius 2 is 1.89 bits per heavy atom. The first-order valence-electron chi connectivity index (χ1n) is 8.69. The van der Waals surface area contributed by atoms with Gasteiger partial charge in [0.25, 0.3) is 10.0 Å². The number of thioether (sulfide) groups is 1. The summed E-state index contributed by atoms with van der Waals surface area (Å²) in [6, 6.07) is 9.30. The monoisotopic (exact) mass is 422 g/mol. The summed E-state index contributed by atoms with van der Waals surface area (Å²) in [4.78, 5) is 13.9. The second-order valence-corrected chi connectivity index (χ2v) is 9.25. The summed E-state index contributed by atoms with van der Waals surface area (Å²) in [6.45, 7) is 3.21. The standard InChI is InChI=1S/C19H22N2O5S2/c1-13-11-15(26-2)4-6-18(13)28(24,25)20-14-3-5-17(16(12-14)19(22)23)21-7-9-27-10-8-21/h3-6,11-12,20H,7-10H2,1-2H3,(H,22,23). The van der Waals surface area contributed by atoms with Crippen LogP contribution in [0.1, 0.15) is 15.9 Å². The Hall–Kier alpha value is -2.39. The molecule has 3 rings (SSSR count). The lowest BCUT2D eigenvalue weighted by Gasteiger charge is -2.29. The summed E-state index contributed by atoms with van der Waals surface area (Å²) in [5.74, 6) is 1.34. The molecule has 0 aromatic heterocycles. The number of carboxylic acid groups (broad SMARTS) is 1. The van der Waals surface area contributed by atoms with E-state index in [0.717, 1.165) is 24.6 Å². The van der Waals surface area contributed by atoms with Crippen molar-refractivity contribution >= 4 is 39.1 Å². The molecule has 150 valence electrons. The summed E-state index contributed by atoms with van der Waals surface area (Å²) in [5, 5.41) is 9.61. The second kappa shape index (κ2) is 8.32. The van der Waals surface area contributed by atoms with Crippen molar-refractivity contribution in [3.63, 3.8) is 0 Å². The molecule has 0 bridgehead atoms. The Bertz CT molecular complexity index is 986. The lowest BCUT2D eigenvalue weighted by atomic mass is 10.1. The van der Waals surface area contributed by atoms with Crippen LogP contribution in [0.2, 0.25) is 0 Å². The van der Waals surface area contributed by atoms with Crippen molar-refractivity contribution in [2.75, 3.05) is 41.3 Å². The van der Waals surface area contributed by atoms with Crippen molar-refractivity contribution in [3.05, 3.63) is 47.5 Å². The number of nitrogens with one attached hydrogen (secondary N) is 1. The van der Waals surface area contributed by atoms with Crippen molar-refractivity contribution in [2.45, 2.75) is 11.8 Å². The fourth-order valence-corrected chi connectivity index (χ4v) is 5.29. The van der Waals surface area contributed by atoms with Crippen molar-refractivity contribution in [3.8, 4) is 5.75 Å². The van der Waals surface area contributed by atoms with Crippen molar-refractivity contribution < 1.29 is 23.1 Å². The van der Waals surface area contributed by atoms with E-state index >= 15 is 0 Å². The quantitative estimate of drug-likeness (QED) is 0.739. The second-order valence-electron chi connectivity index (χ2n) is 6.37. The predicted molar refractivity (Wildman–Crippen MR) is 111 cm³/mol. The summed E-state index contributed by atoms with van der Waals surface area (Å²) < 4.78 is 33.1. The normalized spacial score (nSPS) is 14.6. The first-order valence-corrected chi connectivity index (χ1v) is 11.3. The molecule has 7 nitrogen and oxygen atoms in total. The molecule has 0 saturated carbocycles. The predicted octanol–water partition coefficient (Wildman–Crippen LogP) is 3.06. The SMILES string of the molecule is COc1ccc(S(=O)(=O)Nc2ccc(N3CCSCC3)c(C(=O)O)c2)c(C)c1. The molecule has 0 unspecified atom stereocenters. The molecule has 1 fully saturated rings. The minimum atomic E-state index is -3.86. The maximum Gasteiger partial charge on any atom is 0.337 e. The number of aromatic carboxylic acids is 1. The van der Waals surface area contributed by atoms with Gasteiger partial charge in [0.05, 0.1) is 23.3 Å². The fourth-order valence-electron chi connectivity index (χ4n) is 3.11. The molecule has 0 spiro atoms. The third-order valence-corrected chi connectivity index (χ3v) is 6.99. The number of benzene rings is 2. The number of carbonyl (C=O) groups is 1. The number of aryl methyl sites for hydroxylation is 1. The van der Waals surface area contributed by atoms with Crippen LogP contribution < -0.4 is 14.4 Å². The number of sulfonamides is 1. The maximum atomic E-state index is 12.8. The van der Waals surface area contributed by atoms with Gasteiger partial charge in [0, 0.05) is 30.3 Å². The van der Waals surface area contributed by atoms with Gasteiger partial charge in [-0.1, -0.05) is 0 Å². The topological polar surface area (TPSA) is 95.9 Å². The molecule has 1 saturated heterocycles. The molecule has 2 N–H and O–H groups in total. The molecule has 1 heterocycles. The Balaban J connectivity index is 1.91. The van der Waals surface area contributed by atoms with Crippen LogP contribution in [0, 0.1) is 6.92 Å². The van der Waals surface area contributed by atoms with Crippen LogP contribution in [0.25, 0.3) is 0 Å². The Kier molecular flexibility index (Phi) is 6.04. The third-order valence-electron chi connectivity index (χ3n) is 4.50. The highest BCUT2D eigenvalue weighted by atomic mass is 32.2. The summed E-state index contributed by atoms with van der Waals surface area (Å²) in [7, 11) is -2.35. The Morgan fingerprint density at radius 3 is 2.50 bits per heavy atom. The molecule has 2 aromatic rings. The van der Waals surface area contributed by atoms with Gasteiger partial charge in [0.1, 0.15) is 5.75 Å². The molecule has 9 heteroatoms. The molecular weight excluding hydrogens is 400 g/mol. The maximum absolute atomic E-state index is 12.8. The van der Waals surface area contributed by atoms with E-state index in [4.69, 9.17) is 4.74 Å². The third kappa shape index (κ3) is 4.36. The number of ether oxygens (including phenoxy) is 1. The van der Waals surface area contributed by atoms with Crippen LogP contribution in [-0.4, -0.2) is 51.2 Å². The van der Waals surface area contributed by atoms with Gasteiger partial charge >= 0.3 is 5.97 Å². The number of hydrogen-bond donors (Lipinski definition) is 2. The molecule has 0 amide bonds. The van der Waals surface area contributed by atoms with Crippen molar-refractivity contribution in [1.82, 2.24) is 0 Å². The van der Waals surface area contributed by atoms with E-state index in [1.165, 1.54) is 19.2 Å². The zero-order valence-corrected chi connectivity index (χ0v) is 17.3. The number of nitrogens with zero attached hydrogens (tertiary/aromatic N) is 1. The van der Waals surface area contributed by atoms with E-state index in [9.17, 15) is 18.3 Å². The average molecular weight is 423 g/mol. The zero-order valence-electron chi connectivity index (χ0n) is 15.6. The van der Waals surface area contributed by atoms with Gasteiger partial charge in [-0.15, -0.1) is 0 Å². The van der Waals surface area contributed by atoms with Crippen LogP contribution >= 0.6 is 11.8 Å². The smallest absolute Gasteiger partial charge is 0.337 e. The largest absolute Gasteiger partial charge is 0.497 e. The highest BCUT2D eigenvalue weighted by molar-refractivity contribution is 7.99. The van der Waals surface area contributed by atoms with Gasteiger partial charge in [0.2, 0.25) is 0 Å². The lowest BCUT2D eigenvalue weighted by Crippen LogP contribution is -2.33. The zero-order chi connectivity index (χ0) is 20.3. The van der Waals surface area contributed by atoms with Crippen LogP contribution in [0.4, 0.5) is 11.4 Å². The summed E-state index contributed by atoms with van der Waals surface area (Å²) in [5.41, 5.74) is 1.44. The van der Waals surface area contributed by atoms with Crippen LogP contribution in [-0.2, 0) is 10.0 Å². The number of methoxy groups -OCH3 is 1. The van der Waals surface area contributed by atoms with Gasteiger partial charge in [-0.05, 0) is 48.9 Å². The van der Waals surface area contributed by atoms with E-state index in [2.05, 4.69) is 4.72 Å². The van der Waals surface area contributed by atoms with Gasteiger partial charge in [-0.25, -0.2) is 13.2 Å². The number of rotatable bonds is 6. The van der Waals surface area contributed by atoms with Crippen LogP contribution in [0.5, 0.6) is 5.75 Å². The Labute approximate surface area is 168 Å². The molecule has 1 aliphatic rings. The summed E-state index contributed by atoms with van der Waals surface area (Å²) >= 11 is 1.83. The lowest BCUT2D eigenvalue weighted by molar-refractivity contribution is 0.0697. The summed E-state index contributed by atoms with van der Waals surface area (Å²) in [6.07, 6.45) is 0. The van der Waals surface area contributed by atoms with Crippen molar-refractivity contribution in [1.29, 1.82) is 0 Å². The van der Waals surface area contributed by atoms with E-state index in [-0.39, 0.29) is 16.1 Å². The van der Waals surface area contributed by atoms with Crippen LogP contribution in [0.15, 0.2) is 41.3 Å². The highest BCUT2D eigenvalue weighted by Crippen LogP contribution is 2.29. The van der Waals surface area contributed by atoms with Gasteiger partial charge in [-0.2, -0.15) is 11.8 Å². The first-order chi connectivity index (χ1) is 13.3. The number of anilines is 2. The molecule has 0 aliphatic carbocycles. The number of hydrogen-bond acceptors (Lipinski definition) is 6. The van der Waals surface area contributed by atoms with Gasteiger partial charge < -0.3 is 14.7 Å². The minimum absolute atomic E-state index is 0.0820. The van der Waals surface area contributed by atoms with Crippen molar-refractivity contribution in [2.24, 2.45) is 0 Å². The highest BCUT2D eigenvalue weighted by Gasteiger charge is 2.22. The van der Waals surface area contributed by atoms with E-state index in [1.54, 1.807) is 31.2 Å². The van der Waals surface area contributed by atoms with E-state index < -0.39 is 16.0 Å². The molecule has 0 radical (unpaired) electrons. The number of carboxylic acids is 1. The minimum Gasteiger partial charge on any atom is -0.497 e. The van der Waals surface area contributed by atoms with Crippen LogP contribution in [0.3, 0.4) is 0 Å². The van der Waals surface area contributed by atoms with Gasteiger partial charge in [0.15, 0.2) is 0 Å². The molecular formula is C19H22N2O5S2. The molecule has 28 heavy (non-hydrogen) atoms. The van der Waals surface area contributed by atoms with E-state index in [0.29, 0.717) is 17.0 Å².